The molecule has 1 heterocycles. The molecule has 4 heteroatoms. The minimum absolute atomic E-state index is 0.162. The van der Waals surface area contributed by atoms with Crippen molar-refractivity contribution in [1.29, 1.82) is 0 Å². The Morgan fingerprint density at radius 3 is 2.43 bits per heavy atom. The number of hydrogen-bond acceptors (Lipinski definition) is 2. The summed E-state index contributed by atoms with van der Waals surface area (Å²) in [6.45, 7) is 3.43. The van der Waals surface area contributed by atoms with Crippen LogP contribution in [0.5, 0.6) is 0 Å². The topological polar surface area (TPSA) is 57.6 Å². The maximum Gasteiger partial charge on any atom is 0.335 e. The third-order valence-electron chi connectivity index (χ3n) is 4.85. The molecule has 0 radical (unpaired) electrons. The first-order valence-corrected chi connectivity index (χ1v) is 7.68. The highest BCUT2D eigenvalue weighted by Crippen LogP contribution is 2.32. The summed E-state index contributed by atoms with van der Waals surface area (Å²) in [7, 11) is 0. The van der Waals surface area contributed by atoms with Gasteiger partial charge < -0.3 is 10.0 Å². The predicted octanol–water partition coefficient (Wildman–Crippen LogP) is 3.05. The number of nitrogens with zero attached hydrogens (tertiary/aromatic N) is 1. The maximum atomic E-state index is 12.6. The first-order chi connectivity index (χ1) is 10.0. The van der Waals surface area contributed by atoms with Gasteiger partial charge in [0.05, 0.1) is 5.56 Å². The van der Waals surface area contributed by atoms with Crippen LogP contribution in [0.15, 0.2) is 18.2 Å². The monoisotopic (exact) mass is 287 g/mol. The number of benzene rings is 1. The van der Waals surface area contributed by atoms with Crippen LogP contribution in [0.1, 0.15) is 54.1 Å². The van der Waals surface area contributed by atoms with Crippen LogP contribution in [-0.4, -0.2) is 21.9 Å². The lowest BCUT2D eigenvalue weighted by Gasteiger charge is -2.28. The average molecular weight is 287 g/mol. The molecular formula is C17H21NO3. The number of carbonyl (C=O) groups excluding carboxylic acids is 1. The van der Waals surface area contributed by atoms with Crippen LogP contribution in [-0.2, 0) is 17.9 Å². The molecule has 0 aromatic heterocycles. The van der Waals surface area contributed by atoms with Crippen molar-refractivity contribution >= 4 is 11.9 Å². The molecule has 4 nitrogen and oxygen atoms in total. The lowest BCUT2D eigenvalue weighted by atomic mass is 9.82. The third-order valence-corrected chi connectivity index (χ3v) is 4.85. The van der Waals surface area contributed by atoms with Crippen molar-refractivity contribution in [2.24, 2.45) is 11.8 Å². The number of fused-ring (bicyclic) bond motifs is 1. The van der Waals surface area contributed by atoms with Gasteiger partial charge in [-0.3, -0.25) is 4.79 Å². The van der Waals surface area contributed by atoms with E-state index in [0.717, 1.165) is 42.7 Å². The fourth-order valence-corrected chi connectivity index (χ4v) is 3.45. The normalized spacial score (nSPS) is 24.7. The molecule has 0 saturated heterocycles. The summed E-state index contributed by atoms with van der Waals surface area (Å²) in [5.41, 5.74) is 2.36. The van der Waals surface area contributed by atoms with Gasteiger partial charge in [-0.15, -0.1) is 0 Å². The molecule has 3 rings (SSSR count). The first-order valence-electron chi connectivity index (χ1n) is 7.68. The second-order valence-corrected chi connectivity index (χ2v) is 6.44. The summed E-state index contributed by atoms with van der Waals surface area (Å²) in [4.78, 5) is 25.5. The molecule has 0 bridgehead atoms. The average Bonchev–Trinajstić information content (AvgIpc) is 2.90. The molecule has 1 fully saturated rings. The molecule has 0 spiro atoms. The Morgan fingerprint density at radius 2 is 1.76 bits per heavy atom. The summed E-state index contributed by atoms with van der Waals surface area (Å²) < 4.78 is 0. The number of rotatable bonds is 2. The third kappa shape index (κ3) is 2.80. The molecule has 1 amide bonds. The van der Waals surface area contributed by atoms with Gasteiger partial charge in [0.1, 0.15) is 0 Å². The molecule has 1 saturated carbocycles. The van der Waals surface area contributed by atoms with E-state index in [0.29, 0.717) is 18.7 Å². The largest absolute Gasteiger partial charge is 0.478 e. The van der Waals surface area contributed by atoms with E-state index >= 15 is 0 Å². The van der Waals surface area contributed by atoms with Crippen LogP contribution < -0.4 is 0 Å². The smallest absolute Gasteiger partial charge is 0.335 e. The Kier molecular flexibility index (Phi) is 3.70. The number of carboxylic acids is 1. The van der Waals surface area contributed by atoms with E-state index in [1.807, 2.05) is 11.0 Å². The van der Waals surface area contributed by atoms with Gasteiger partial charge in [-0.05, 0) is 54.9 Å². The van der Waals surface area contributed by atoms with Gasteiger partial charge in [0.25, 0.3) is 0 Å². The van der Waals surface area contributed by atoms with Crippen LogP contribution in [0.3, 0.4) is 0 Å². The molecule has 1 aliphatic carbocycles. The van der Waals surface area contributed by atoms with Gasteiger partial charge in [0.15, 0.2) is 0 Å². The van der Waals surface area contributed by atoms with Crippen molar-refractivity contribution in [3.8, 4) is 0 Å². The Morgan fingerprint density at radius 1 is 1.10 bits per heavy atom. The number of hydrogen-bond donors (Lipinski definition) is 1. The van der Waals surface area contributed by atoms with E-state index in [-0.39, 0.29) is 11.8 Å². The van der Waals surface area contributed by atoms with Gasteiger partial charge in [-0.25, -0.2) is 4.79 Å². The van der Waals surface area contributed by atoms with Gasteiger partial charge in [-0.2, -0.15) is 0 Å². The van der Waals surface area contributed by atoms with Gasteiger partial charge in [0.2, 0.25) is 5.91 Å². The van der Waals surface area contributed by atoms with Crippen LogP contribution in [0.2, 0.25) is 0 Å². The van der Waals surface area contributed by atoms with E-state index in [1.54, 1.807) is 12.1 Å². The van der Waals surface area contributed by atoms with Gasteiger partial charge in [0, 0.05) is 19.0 Å². The number of carbonyl (C=O) groups is 2. The molecule has 1 aromatic carbocycles. The summed E-state index contributed by atoms with van der Waals surface area (Å²) in [5.74, 6) is 0.233. The summed E-state index contributed by atoms with van der Waals surface area (Å²) >= 11 is 0. The van der Waals surface area contributed by atoms with E-state index in [2.05, 4.69) is 6.92 Å². The van der Waals surface area contributed by atoms with Crippen molar-refractivity contribution in [2.75, 3.05) is 0 Å². The second kappa shape index (κ2) is 5.51. The van der Waals surface area contributed by atoms with Crippen LogP contribution in [0, 0.1) is 11.8 Å². The minimum Gasteiger partial charge on any atom is -0.478 e. The molecule has 1 N–H and O–H groups in total. The van der Waals surface area contributed by atoms with Crippen LogP contribution >= 0.6 is 0 Å². The standard InChI is InChI=1S/C17H21NO3/c1-11-2-4-12(5-3-11)16(19)18-9-14-7-6-13(17(20)21)8-15(14)10-18/h6-8,11-12H,2-5,9-10H2,1H3,(H,20,21). The van der Waals surface area contributed by atoms with E-state index in [9.17, 15) is 9.59 Å². The van der Waals surface area contributed by atoms with Crippen molar-refractivity contribution in [2.45, 2.75) is 45.7 Å². The lowest BCUT2D eigenvalue weighted by molar-refractivity contribution is -0.137. The van der Waals surface area contributed by atoms with Crippen LogP contribution in [0.25, 0.3) is 0 Å². The number of amides is 1. The highest BCUT2D eigenvalue weighted by molar-refractivity contribution is 5.88. The maximum absolute atomic E-state index is 12.6. The summed E-state index contributed by atoms with van der Waals surface area (Å²) in [6.07, 6.45) is 4.27. The van der Waals surface area contributed by atoms with Crippen molar-refractivity contribution in [1.82, 2.24) is 4.90 Å². The quantitative estimate of drug-likeness (QED) is 0.909. The van der Waals surface area contributed by atoms with E-state index in [4.69, 9.17) is 5.11 Å². The SMILES string of the molecule is CC1CCC(C(=O)N2Cc3ccc(C(=O)O)cc3C2)CC1. The fourth-order valence-electron chi connectivity index (χ4n) is 3.45. The molecular weight excluding hydrogens is 266 g/mol. The number of carboxylic acid groups (broad SMARTS) is 1. The summed E-state index contributed by atoms with van der Waals surface area (Å²) in [6, 6.07) is 5.17. The van der Waals surface area contributed by atoms with Crippen molar-refractivity contribution in [3.05, 3.63) is 34.9 Å². The molecule has 112 valence electrons. The van der Waals surface area contributed by atoms with E-state index in [1.165, 1.54) is 0 Å². The molecule has 1 aromatic rings. The zero-order valence-electron chi connectivity index (χ0n) is 12.3. The molecule has 0 unspecified atom stereocenters. The molecule has 21 heavy (non-hydrogen) atoms. The Bertz CT molecular complexity index is 573. The molecule has 1 aliphatic heterocycles. The lowest BCUT2D eigenvalue weighted by Crippen LogP contribution is -2.33. The zero-order chi connectivity index (χ0) is 15.0. The van der Waals surface area contributed by atoms with Gasteiger partial charge in [-0.1, -0.05) is 13.0 Å². The minimum atomic E-state index is -0.913. The highest BCUT2D eigenvalue weighted by Gasteiger charge is 2.31. The van der Waals surface area contributed by atoms with Gasteiger partial charge >= 0.3 is 5.97 Å². The summed E-state index contributed by atoms with van der Waals surface area (Å²) in [5, 5.41) is 9.04. The van der Waals surface area contributed by atoms with Crippen LogP contribution in [0.4, 0.5) is 0 Å². The fraction of sp³-hybridized carbons (Fsp3) is 0.529. The van der Waals surface area contributed by atoms with Crippen molar-refractivity contribution in [3.63, 3.8) is 0 Å². The molecule has 2 aliphatic rings. The second-order valence-electron chi connectivity index (χ2n) is 6.44. The Labute approximate surface area is 124 Å². The number of aromatic carboxylic acids is 1. The van der Waals surface area contributed by atoms with Crippen molar-refractivity contribution < 1.29 is 14.7 Å². The highest BCUT2D eigenvalue weighted by atomic mass is 16.4. The Hall–Kier alpha value is -1.84. The molecule has 0 atom stereocenters. The van der Waals surface area contributed by atoms with E-state index < -0.39 is 5.97 Å². The Balaban J connectivity index is 1.69. The first kappa shape index (κ1) is 14.1. The predicted molar refractivity (Wildman–Crippen MR) is 78.8 cm³/mol. The zero-order valence-corrected chi connectivity index (χ0v) is 12.3.